The second-order valence-corrected chi connectivity index (χ2v) is 9.79. The van der Waals surface area contributed by atoms with E-state index in [4.69, 9.17) is 0 Å². The summed E-state index contributed by atoms with van der Waals surface area (Å²) >= 11 is 0. The fraction of sp³-hybridized carbons (Fsp3) is 0.500. The van der Waals surface area contributed by atoms with Crippen LogP contribution in [0.4, 0.5) is 0 Å². The van der Waals surface area contributed by atoms with E-state index in [0.29, 0.717) is 11.6 Å². The monoisotopic (exact) mass is 313 g/mol. The van der Waals surface area contributed by atoms with Crippen LogP contribution in [0.1, 0.15) is 48.5 Å². The van der Waals surface area contributed by atoms with Gasteiger partial charge in [-0.1, -0.05) is 48.0 Å². The summed E-state index contributed by atoms with van der Waals surface area (Å²) in [6, 6.07) is 11.1. The van der Waals surface area contributed by atoms with Crippen molar-refractivity contribution in [3.63, 3.8) is 0 Å². The third-order valence-corrected chi connectivity index (χ3v) is 6.96. The molecule has 1 aliphatic carbocycles. The van der Waals surface area contributed by atoms with Gasteiger partial charge in [-0.05, 0) is 64.2 Å². The zero-order chi connectivity index (χ0) is 16.5. The van der Waals surface area contributed by atoms with Crippen LogP contribution in [0.2, 0.25) is 0 Å². The first kappa shape index (κ1) is 17.2. The minimum Gasteiger partial charge on any atom is -0.308 e. The van der Waals surface area contributed by atoms with Crippen LogP contribution in [0.3, 0.4) is 0 Å². The number of allylic oxidation sites excluding steroid dienone is 3. The Labute approximate surface area is 138 Å². The topological polar surface area (TPSA) is 12.0 Å². The van der Waals surface area contributed by atoms with E-state index in [-0.39, 0.29) is 5.54 Å². The molecule has 0 aliphatic heterocycles. The first-order valence-corrected chi connectivity index (χ1v) is 9.93. The molecule has 2 atom stereocenters. The van der Waals surface area contributed by atoms with Crippen molar-refractivity contribution >= 4 is 14.7 Å². The highest BCUT2D eigenvalue weighted by atomic mass is 28.2. The lowest BCUT2D eigenvalue weighted by Crippen LogP contribution is -2.51. The summed E-state index contributed by atoms with van der Waals surface area (Å²) in [7, 11) is -0.411. The van der Waals surface area contributed by atoms with Crippen LogP contribution in [0.15, 0.2) is 52.6 Å². The van der Waals surface area contributed by atoms with Gasteiger partial charge in [0.15, 0.2) is 0 Å². The van der Waals surface area contributed by atoms with Gasteiger partial charge in [0, 0.05) is 11.2 Å². The minimum atomic E-state index is -0.411. The molecule has 1 aliphatic rings. The van der Waals surface area contributed by atoms with Gasteiger partial charge in [-0.2, -0.15) is 0 Å². The number of hydrogen-bond donors (Lipinski definition) is 1. The van der Waals surface area contributed by atoms with E-state index in [1.54, 1.807) is 16.3 Å². The summed E-state index contributed by atoms with van der Waals surface area (Å²) in [6.45, 7) is 16.1. The summed E-state index contributed by atoms with van der Waals surface area (Å²) in [4.78, 5) is 0. The molecule has 0 heterocycles. The molecule has 2 unspecified atom stereocenters. The molecule has 22 heavy (non-hydrogen) atoms. The van der Waals surface area contributed by atoms with E-state index in [9.17, 15) is 0 Å². The van der Waals surface area contributed by atoms with Crippen LogP contribution in [0, 0.1) is 5.92 Å². The molecule has 0 spiro atoms. The molecule has 0 saturated heterocycles. The lowest BCUT2D eigenvalue weighted by molar-refractivity contribution is 0.418. The molecule has 2 heteroatoms. The molecule has 1 aromatic carbocycles. The Morgan fingerprint density at radius 2 is 1.59 bits per heavy atom. The van der Waals surface area contributed by atoms with Gasteiger partial charge in [0.25, 0.3) is 0 Å². The van der Waals surface area contributed by atoms with Gasteiger partial charge in [0.2, 0.25) is 0 Å². The summed E-state index contributed by atoms with van der Waals surface area (Å²) in [6.07, 6.45) is 0. The van der Waals surface area contributed by atoms with Crippen molar-refractivity contribution in [1.82, 2.24) is 5.32 Å². The van der Waals surface area contributed by atoms with Gasteiger partial charge >= 0.3 is 0 Å². The highest BCUT2D eigenvalue weighted by molar-refractivity contribution is 6.56. The Morgan fingerprint density at radius 3 is 2.05 bits per heavy atom. The summed E-state index contributed by atoms with van der Waals surface area (Å²) in [5.41, 5.74) is 6.89. The van der Waals surface area contributed by atoms with Crippen LogP contribution in [-0.4, -0.2) is 20.7 Å². The van der Waals surface area contributed by atoms with E-state index in [2.05, 4.69) is 84.1 Å². The minimum absolute atomic E-state index is 0.143. The summed E-state index contributed by atoms with van der Waals surface area (Å²) in [5, 5.41) is 5.47. The first-order valence-electron chi connectivity index (χ1n) is 8.40. The lowest BCUT2D eigenvalue weighted by atomic mass is 9.96. The van der Waals surface area contributed by atoms with Crippen molar-refractivity contribution < 1.29 is 0 Å². The Bertz CT molecular complexity index is 590. The van der Waals surface area contributed by atoms with E-state index in [1.807, 2.05) is 0 Å². The maximum atomic E-state index is 3.93. The van der Waals surface area contributed by atoms with Gasteiger partial charge in [0.05, 0.1) is 9.52 Å². The Kier molecular flexibility index (Phi) is 5.13. The Hall–Kier alpha value is -1.12. The fourth-order valence-corrected chi connectivity index (χ4v) is 6.18. The van der Waals surface area contributed by atoms with Crippen LogP contribution in [-0.2, 0) is 0 Å². The molecule has 120 valence electrons. The smallest absolute Gasteiger partial charge is 0.0791 e. The molecule has 1 N–H and O–H groups in total. The molecule has 0 fully saturated rings. The second-order valence-electron chi connectivity index (χ2n) is 7.75. The molecule has 0 radical (unpaired) electrons. The number of nitrogens with one attached hydrogen (secondary N) is 1. The van der Waals surface area contributed by atoms with Gasteiger partial charge < -0.3 is 5.32 Å². The molecule has 1 aromatic rings. The Balaban J connectivity index is 2.34. The SMILES string of the molecule is CC1=C(C)C(C)C(C(NC(C)(C)C)[SiH2]c2ccccc2)=C1C. The van der Waals surface area contributed by atoms with Gasteiger partial charge in [-0.3, -0.25) is 0 Å². The molecule has 0 saturated carbocycles. The predicted octanol–water partition coefficient (Wildman–Crippen LogP) is 3.50. The predicted molar refractivity (Wildman–Crippen MR) is 102 cm³/mol. The van der Waals surface area contributed by atoms with Crippen molar-refractivity contribution in [2.24, 2.45) is 5.92 Å². The first-order chi connectivity index (χ1) is 10.2. The standard InChI is InChI=1S/C20H31NSi/c1-13-14(2)16(4)18(15(13)3)19(21-20(5,6)7)22-17-11-9-8-10-12-17/h8-12,15,19,21H,22H2,1-7H3. The van der Waals surface area contributed by atoms with Crippen molar-refractivity contribution in [1.29, 1.82) is 0 Å². The maximum absolute atomic E-state index is 3.93. The van der Waals surface area contributed by atoms with Gasteiger partial charge in [-0.15, -0.1) is 0 Å². The van der Waals surface area contributed by atoms with Crippen LogP contribution in [0.5, 0.6) is 0 Å². The van der Waals surface area contributed by atoms with E-state index in [1.165, 1.54) is 11.1 Å². The molecule has 0 amide bonds. The van der Waals surface area contributed by atoms with Crippen LogP contribution in [0.25, 0.3) is 0 Å². The molecular formula is C20H31NSi. The maximum Gasteiger partial charge on any atom is 0.0791 e. The average Bonchev–Trinajstić information content (AvgIpc) is 2.62. The zero-order valence-electron chi connectivity index (χ0n) is 15.2. The molecular weight excluding hydrogens is 282 g/mol. The van der Waals surface area contributed by atoms with Gasteiger partial charge in [-0.25, -0.2) is 0 Å². The number of rotatable bonds is 4. The normalized spacial score (nSPS) is 21.3. The van der Waals surface area contributed by atoms with Crippen molar-refractivity contribution in [3.05, 3.63) is 52.6 Å². The van der Waals surface area contributed by atoms with Gasteiger partial charge in [0.1, 0.15) is 0 Å². The molecule has 0 bridgehead atoms. The fourth-order valence-electron chi connectivity index (χ4n) is 3.57. The lowest BCUT2D eigenvalue weighted by Gasteiger charge is -2.32. The number of hydrogen-bond acceptors (Lipinski definition) is 1. The third kappa shape index (κ3) is 3.79. The highest BCUT2D eigenvalue weighted by Gasteiger charge is 2.31. The van der Waals surface area contributed by atoms with E-state index >= 15 is 0 Å². The largest absolute Gasteiger partial charge is 0.308 e. The average molecular weight is 314 g/mol. The van der Waals surface area contributed by atoms with Crippen molar-refractivity contribution in [2.75, 3.05) is 0 Å². The molecule has 2 rings (SSSR count). The van der Waals surface area contributed by atoms with Crippen molar-refractivity contribution in [2.45, 2.75) is 59.7 Å². The summed E-state index contributed by atoms with van der Waals surface area (Å²) < 4.78 is 0. The summed E-state index contributed by atoms with van der Waals surface area (Å²) in [5.74, 6) is 0.580. The zero-order valence-corrected chi connectivity index (χ0v) is 16.7. The Morgan fingerprint density at radius 1 is 1.00 bits per heavy atom. The molecule has 1 nitrogen and oxygen atoms in total. The highest BCUT2D eigenvalue weighted by Crippen LogP contribution is 2.38. The van der Waals surface area contributed by atoms with E-state index in [0.717, 1.165) is 0 Å². The second kappa shape index (κ2) is 6.55. The third-order valence-electron chi connectivity index (χ3n) is 4.97. The van der Waals surface area contributed by atoms with Crippen molar-refractivity contribution in [3.8, 4) is 0 Å². The van der Waals surface area contributed by atoms with Crippen LogP contribution >= 0.6 is 0 Å². The quantitative estimate of drug-likeness (QED) is 0.839. The van der Waals surface area contributed by atoms with Crippen LogP contribution < -0.4 is 10.5 Å². The number of benzene rings is 1. The van der Waals surface area contributed by atoms with E-state index < -0.39 is 9.52 Å². The molecule has 0 aromatic heterocycles.